The van der Waals surface area contributed by atoms with Gasteiger partial charge in [-0.05, 0) is 38.3 Å². The number of nitrogens with zero attached hydrogens (tertiary/aromatic N) is 3. The highest BCUT2D eigenvalue weighted by Crippen LogP contribution is 2.40. The standard InChI is InChI=1S/C17H22N4O/c1-12-19-15-14(6-5-9-18-15)16(20-12)21-13-10-17(22-11-13)7-3-2-4-8-17/h5-6,9,13H,2-4,7-8,10-11H2,1H3,(H,18,19,20,21)/t13-/m0/s1. The van der Waals surface area contributed by atoms with E-state index < -0.39 is 0 Å². The largest absolute Gasteiger partial charge is 0.373 e. The van der Waals surface area contributed by atoms with Gasteiger partial charge in [0.1, 0.15) is 11.6 Å². The van der Waals surface area contributed by atoms with Gasteiger partial charge < -0.3 is 10.1 Å². The molecule has 0 amide bonds. The highest BCUT2D eigenvalue weighted by molar-refractivity contribution is 5.86. The van der Waals surface area contributed by atoms with E-state index in [1.165, 1.54) is 32.1 Å². The van der Waals surface area contributed by atoms with E-state index in [1.807, 2.05) is 19.1 Å². The predicted octanol–water partition coefficient (Wildman–Crippen LogP) is 3.24. The number of hydrogen-bond donors (Lipinski definition) is 1. The van der Waals surface area contributed by atoms with Crippen LogP contribution in [-0.2, 0) is 4.74 Å². The minimum Gasteiger partial charge on any atom is -0.373 e. The molecule has 2 fully saturated rings. The lowest BCUT2D eigenvalue weighted by molar-refractivity contribution is -0.0244. The first-order valence-corrected chi connectivity index (χ1v) is 8.24. The van der Waals surface area contributed by atoms with Gasteiger partial charge in [-0.3, -0.25) is 0 Å². The van der Waals surface area contributed by atoms with E-state index in [9.17, 15) is 0 Å². The van der Waals surface area contributed by atoms with Crippen LogP contribution >= 0.6 is 0 Å². The Hall–Kier alpha value is -1.75. The third-order valence-corrected chi connectivity index (χ3v) is 4.90. The molecule has 1 spiro atoms. The number of aromatic nitrogens is 3. The zero-order chi connectivity index (χ0) is 15.0. The first-order chi connectivity index (χ1) is 10.7. The van der Waals surface area contributed by atoms with E-state index in [1.54, 1.807) is 6.20 Å². The van der Waals surface area contributed by atoms with Crippen molar-refractivity contribution in [3.05, 3.63) is 24.2 Å². The number of pyridine rings is 1. The fourth-order valence-corrected chi connectivity index (χ4v) is 3.86. The second kappa shape index (κ2) is 5.47. The molecule has 2 aliphatic rings. The maximum absolute atomic E-state index is 6.19. The molecular formula is C17H22N4O. The van der Waals surface area contributed by atoms with Gasteiger partial charge in [0.2, 0.25) is 0 Å². The number of anilines is 1. The Morgan fingerprint density at radius 2 is 2.09 bits per heavy atom. The van der Waals surface area contributed by atoms with Gasteiger partial charge in [-0.15, -0.1) is 0 Å². The summed E-state index contributed by atoms with van der Waals surface area (Å²) in [6, 6.07) is 4.28. The third-order valence-electron chi connectivity index (χ3n) is 4.90. The Balaban J connectivity index is 1.57. The number of nitrogens with one attached hydrogen (secondary N) is 1. The Morgan fingerprint density at radius 3 is 2.95 bits per heavy atom. The Morgan fingerprint density at radius 1 is 1.23 bits per heavy atom. The SMILES string of the molecule is Cc1nc(N[C@@H]2COC3(CCCCC3)C2)c2cccnc2n1. The van der Waals surface area contributed by atoms with Crippen molar-refractivity contribution in [2.75, 3.05) is 11.9 Å². The van der Waals surface area contributed by atoms with Crippen molar-refractivity contribution in [1.82, 2.24) is 15.0 Å². The summed E-state index contributed by atoms with van der Waals surface area (Å²) in [6.07, 6.45) is 9.21. The molecule has 0 aromatic carbocycles. The molecule has 3 heterocycles. The van der Waals surface area contributed by atoms with Crippen LogP contribution < -0.4 is 5.32 Å². The minimum absolute atomic E-state index is 0.117. The van der Waals surface area contributed by atoms with Crippen molar-refractivity contribution in [1.29, 1.82) is 0 Å². The fourth-order valence-electron chi connectivity index (χ4n) is 3.86. The van der Waals surface area contributed by atoms with Crippen molar-refractivity contribution in [2.24, 2.45) is 0 Å². The van der Waals surface area contributed by atoms with Crippen LogP contribution in [0.15, 0.2) is 18.3 Å². The molecule has 22 heavy (non-hydrogen) atoms. The summed E-state index contributed by atoms with van der Waals surface area (Å²) in [5.41, 5.74) is 0.871. The molecule has 5 heteroatoms. The van der Waals surface area contributed by atoms with E-state index in [0.29, 0.717) is 6.04 Å². The maximum Gasteiger partial charge on any atom is 0.164 e. The second-order valence-corrected chi connectivity index (χ2v) is 6.59. The summed E-state index contributed by atoms with van der Waals surface area (Å²) >= 11 is 0. The molecule has 1 aliphatic heterocycles. The van der Waals surface area contributed by atoms with Gasteiger partial charge in [0, 0.05) is 6.20 Å². The molecular weight excluding hydrogens is 276 g/mol. The van der Waals surface area contributed by atoms with Gasteiger partial charge in [0.15, 0.2) is 5.65 Å². The predicted molar refractivity (Wildman–Crippen MR) is 85.9 cm³/mol. The fraction of sp³-hybridized carbons (Fsp3) is 0.588. The van der Waals surface area contributed by atoms with E-state index in [2.05, 4.69) is 20.3 Å². The lowest BCUT2D eigenvalue weighted by atomic mass is 9.82. The average Bonchev–Trinajstić information content (AvgIpc) is 2.90. The number of rotatable bonds is 2. The lowest BCUT2D eigenvalue weighted by Gasteiger charge is -2.32. The molecule has 1 saturated carbocycles. The summed E-state index contributed by atoms with van der Waals surface area (Å²) in [6.45, 7) is 2.68. The summed E-state index contributed by atoms with van der Waals surface area (Å²) in [5.74, 6) is 1.64. The molecule has 1 saturated heterocycles. The van der Waals surface area contributed by atoms with Crippen molar-refractivity contribution in [3.8, 4) is 0 Å². The van der Waals surface area contributed by atoms with E-state index in [4.69, 9.17) is 4.74 Å². The monoisotopic (exact) mass is 298 g/mol. The molecule has 0 radical (unpaired) electrons. The Bertz CT molecular complexity index is 681. The molecule has 2 aromatic rings. The molecule has 1 N–H and O–H groups in total. The first-order valence-electron chi connectivity index (χ1n) is 8.24. The zero-order valence-electron chi connectivity index (χ0n) is 13.0. The van der Waals surface area contributed by atoms with Crippen molar-refractivity contribution in [3.63, 3.8) is 0 Å². The van der Waals surface area contributed by atoms with Crippen LogP contribution in [-0.4, -0.2) is 33.2 Å². The lowest BCUT2D eigenvalue weighted by Crippen LogP contribution is -2.31. The Kier molecular flexibility index (Phi) is 3.45. The van der Waals surface area contributed by atoms with Crippen LogP contribution in [0.3, 0.4) is 0 Å². The number of ether oxygens (including phenoxy) is 1. The Labute approximate surface area is 130 Å². The number of aryl methyl sites for hydroxylation is 1. The average molecular weight is 298 g/mol. The van der Waals surface area contributed by atoms with Crippen molar-refractivity contribution < 1.29 is 4.74 Å². The smallest absolute Gasteiger partial charge is 0.164 e. The van der Waals surface area contributed by atoms with Crippen LogP contribution in [0.25, 0.3) is 11.0 Å². The molecule has 2 aromatic heterocycles. The van der Waals surface area contributed by atoms with Crippen LogP contribution in [0.4, 0.5) is 5.82 Å². The van der Waals surface area contributed by atoms with Crippen molar-refractivity contribution >= 4 is 16.9 Å². The zero-order valence-corrected chi connectivity index (χ0v) is 13.0. The summed E-state index contributed by atoms with van der Waals surface area (Å²) in [7, 11) is 0. The summed E-state index contributed by atoms with van der Waals surface area (Å²) < 4.78 is 6.19. The van der Waals surface area contributed by atoms with Gasteiger partial charge >= 0.3 is 0 Å². The first kappa shape index (κ1) is 13.9. The molecule has 4 rings (SSSR count). The molecule has 5 nitrogen and oxygen atoms in total. The molecule has 116 valence electrons. The minimum atomic E-state index is 0.117. The topological polar surface area (TPSA) is 59.9 Å². The van der Waals surface area contributed by atoms with Gasteiger partial charge in [0.25, 0.3) is 0 Å². The van der Waals surface area contributed by atoms with Crippen molar-refractivity contribution in [2.45, 2.75) is 57.1 Å². The van der Waals surface area contributed by atoms with E-state index in [0.717, 1.165) is 35.7 Å². The van der Waals surface area contributed by atoms with Crippen LogP contribution in [0.1, 0.15) is 44.3 Å². The number of fused-ring (bicyclic) bond motifs is 1. The van der Waals surface area contributed by atoms with Gasteiger partial charge in [0.05, 0.1) is 23.6 Å². The highest BCUT2D eigenvalue weighted by atomic mass is 16.5. The normalized spacial score (nSPS) is 24.0. The molecule has 0 unspecified atom stereocenters. The van der Waals surface area contributed by atoms with Crippen LogP contribution in [0, 0.1) is 6.92 Å². The van der Waals surface area contributed by atoms with Gasteiger partial charge in [-0.2, -0.15) is 0 Å². The van der Waals surface area contributed by atoms with Crippen LogP contribution in [0.5, 0.6) is 0 Å². The molecule has 1 aliphatic carbocycles. The van der Waals surface area contributed by atoms with Gasteiger partial charge in [-0.1, -0.05) is 19.3 Å². The summed E-state index contributed by atoms with van der Waals surface area (Å²) in [5, 5.41) is 4.56. The highest BCUT2D eigenvalue weighted by Gasteiger charge is 2.41. The molecule has 0 bridgehead atoms. The molecule has 1 atom stereocenters. The van der Waals surface area contributed by atoms with Crippen LogP contribution in [0.2, 0.25) is 0 Å². The van der Waals surface area contributed by atoms with E-state index in [-0.39, 0.29) is 5.60 Å². The van der Waals surface area contributed by atoms with Gasteiger partial charge in [-0.25, -0.2) is 15.0 Å². The summed E-state index contributed by atoms with van der Waals surface area (Å²) in [4.78, 5) is 13.3. The number of hydrogen-bond acceptors (Lipinski definition) is 5. The maximum atomic E-state index is 6.19. The third kappa shape index (κ3) is 2.54. The second-order valence-electron chi connectivity index (χ2n) is 6.59. The quantitative estimate of drug-likeness (QED) is 0.922. The van der Waals surface area contributed by atoms with E-state index >= 15 is 0 Å².